The lowest BCUT2D eigenvalue weighted by Gasteiger charge is -2.16. The van der Waals surface area contributed by atoms with E-state index in [1.54, 1.807) is 0 Å². The van der Waals surface area contributed by atoms with E-state index in [-0.39, 0.29) is 0 Å². The van der Waals surface area contributed by atoms with Gasteiger partial charge in [-0.25, -0.2) is 0 Å². The Kier molecular flexibility index (Phi) is 3.70. The molecule has 0 bridgehead atoms. The van der Waals surface area contributed by atoms with Crippen LogP contribution in [0.15, 0.2) is 4.47 Å². The van der Waals surface area contributed by atoms with Crippen LogP contribution in [0.1, 0.15) is 31.7 Å². The van der Waals surface area contributed by atoms with Crippen molar-refractivity contribution in [1.29, 1.82) is 0 Å². The van der Waals surface area contributed by atoms with E-state index >= 15 is 0 Å². The quantitative estimate of drug-likeness (QED) is 0.852. The highest BCUT2D eigenvalue weighted by atomic mass is 79.9. The number of hydrogen-bond donors (Lipinski definition) is 0. The molecule has 0 aliphatic carbocycles. The van der Waals surface area contributed by atoms with Gasteiger partial charge in [-0.1, -0.05) is 6.92 Å². The summed E-state index contributed by atoms with van der Waals surface area (Å²) in [5.41, 5.74) is 2.43. The van der Waals surface area contributed by atoms with Crippen LogP contribution in [0.3, 0.4) is 0 Å². The SMILES string of the molecule is CCn1nc(C)c(Br)c1CN1CCC(C)C1. The normalized spacial score (nSPS) is 21.9. The van der Waals surface area contributed by atoms with Crippen molar-refractivity contribution in [3.05, 3.63) is 15.9 Å². The Hall–Kier alpha value is -0.350. The van der Waals surface area contributed by atoms with Crippen LogP contribution in [0.25, 0.3) is 0 Å². The molecule has 1 saturated heterocycles. The van der Waals surface area contributed by atoms with Crippen molar-refractivity contribution in [2.75, 3.05) is 13.1 Å². The van der Waals surface area contributed by atoms with Crippen LogP contribution in [-0.2, 0) is 13.1 Å². The van der Waals surface area contributed by atoms with Gasteiger partial charge in [0, 0.05) is 19.6 Å². The van der Waals surface area contributed by atoms with Gasteiger partial charge in [-0.15, -0.1) is 0 Å². The second-order valence-electron chi connectivity index (χ2n) is 4.79. The molecule has 1 aliphatic rings. The molecule has 0 aromatic carbocycles. The molecule has 16 heavy (non-hydrogen) atoms. The number of aromatic nitrogens is 2. The lowest BCUT2D eigenvalue weighted by atomic mass is 10.2. The third-order valence-corrected chi connectivity index (χ3v) is 4.37. The van der Waals surface area contributed by atoms with E-state index < -0.39 is 0 Å². The zero-order valence-electron chi connectivity index (χ0n) is 10.3. The van der Waals surface area contributed by atoms with E-state index in [1.165, 1.54) is 29.7 Å². The van der Waals surface area contributed by atoms with Crippen LogP contribution in [0, 0.1) is 12.8 Å². The number of nitrogens with zero attached hydrogens (tertiary/aromatic N) is 3. The van der Waals surface area contributed by atoms with Crippen LogP contribution in [-0.4, -0.2) is 27.8 Å². The van der Waals surface area contributed by atoms with Gasteiger partial charge in [-0.05, 0) is 48.7 Å². The highest BCUT2D eigenvalue weighted by Gasteiger charge is 2.21. The maximum Gasteiger partial charge on any atom is 0.0739 e. The van der Waals surface area contributed by atoms with Gasteiger partial charge in [-0.2, -0.15) is 5.10 Å². The van der Waals surface area contributed by atoms with Gasteiger partial charge in [0.05, 0.1) is 15.9 Å². The molecule has 1 aromatic heterocycles. The lowest BCUT2D eigenvalue weighted by Crippen LogP contribution is -2.22. The number of halogens is 1. The molecular weight excluding hydrogens is 266 g/mol. The smallest absolute Gasteiger partial charge is 0.0739 e. The summed E-state index contributed by atoms with van der Waals surface area (Å²) in [5, 5.41) is 4.53. The van der Waals surface area contributed by atoms with E-state index in [2.05, 4.69) is 51.4 Å². The van der Waals surface area contributed by atoms with Crippen LogP contribution in [0.4, 0.5) is 0 Å². The van der Waals surface area contributed by atoms with E-state index in [0.717, 1.165) is 24.7 Å². The molecule has 4 heteroatoms. The first-order chi connectivity index (χ1) is 7.61. The Morgan fingerprint density at radius 3 is 2.81 bits per heavy atom. The molecule has 0 amide bonds. The summed E-state index contributed by atoms with van der Waals surface area (Å²) in [4.78, 5) is 2.53. The molecule has 1 aromatic rings. The van der Waals surface area contributed by atoms with Crippen LogP contribution >= 0.6 is 15.9 Å². The van der Waals surface area contributed by atoms with Gasteiger partial charge < -0.3 is 0 Å². The molecule has 0 N–H and O–H groups in total. The zero-order chi connectivity index (χ0) is 11.7. The molecule has 0 saturated carbocycles. The van der Waals surface area contributed by atoms with Crippen molar-refractivity contribution >= 4 is 15.9 Å². The number of aryl methyl sites for hydroxylation is 2. The summed E-state index contributed by atoms with van der Waals surface area (Å²) in [7, 11) is 0. The van der Waals surface area contributed by atoms with E-state index in [9.17, 15) is 0 Å². The number of rotatable bonds is 3. The molecule has 1 fully saturated rings. The third kappa shape index (κ3) is 2.33. The van der Waals surface area contributed by atoms with E-state index in [0.29, 0.717) is 0 Å². The van der Waals surface area contributed by atoms with Crippen LogP contribution in [0.2, 0.25) is 0 Å². The third-order valence-electron chi connectivity index (χ3n) is 3.33. The maximum atomic E-state index is 4.53. The summed E-state index contributed by atoms with van der Waals surface area (Å²) >= 11 is 3.65. The minimum Gasteiger partial charge on any atom is -0.297 e. The second kappa shape index (κ2) is 4.88. The second-order valence-corrected chi connectivity index (χ2v) is 5.58. The summed E-state index contributed by atoms with van der Waals surface area (Å²) in [5.74, 6) is 0.845. The summed E-state index contributed by atoms with van der Waals surface area (Å²) in [6.45, 7) is 11.0. The van der Waals surface area contributed by atoms with Gasteiger partial charge in [0.25, 0.3) is 0 Å². The van der Waals surface area contributed by atoms with Crippen molar-refractivity contribution in [2.24, 2.45) is 5.92 Å². The van der Waals surface area contributed by atoms with Crippen LogP contribution in [0.5, 0.6) is 0 Å². The Bertz CT molecular complexity index is 373. The van der Waals surface area contributed by atoms with Crippen molar-refractivity contribution in [1.82, 2.24) is 14.7 Å². The van der Waals surface area contributed by atoms with Gasteiger partial charge in [-0.3, -0.25) is 9.58 Å². The highest BCUT2D eigenvalue weighted by molar-refractivity contribution is 9.10. The zero-order valence-corrected chi connectivity index (χ0v) is 11.9. The van der Waals surface area contributed by atoms with Crippen molar-refractivity contribution < 1.29 is 0 Å². The van der Waals surface area contributed by atoms with E-state index in [4.69, 9.17) is 0 Å². The molecule has 1 aliphatic heterocycles. The average molecular weight is 286 g/mol. The number of likely N-dealkylation sites (tertiary alicyclic amines) is 1. The highest BCUT2D eigenvalue weighted by Crippen LogP contribution is 2.25. The molecule has 1 unspecified atom stereocenters. The monoisotopic (exact) mass is 285 g/mol. The van der Waals surface area contributed by atoms with Crippen molar-refractivity contribution in [2.45, 2.75) is 40.3 Å². The van der Waals surface area contributed by atoms with Crippen LogP contribution < -0.4 is 0 Å². The minimum atomic E-state index is 0.845. The topological polar surface area (TPSA) is 21.1 Å². The first kappa shape index (κ1) is 12.1. The molecule has 3 nitrogen and oxygen atoms in total. The molecule has 2 heterocycles. The Labute approximate surface area is 106 Å². The predicted molar refractivity (Wildman–Crippen MR) is 69.4 cm³/mol. The molecule has 0 spiro atoms. The van der Waals surface area contributed by atoms with Gasteiger partial charge in [0.2, 0.25) is 0 Å². The summed E-state index contributed by atoms with van der Waals surface area (Å²) in [6.07, 6.45) is 1.33. The molecular formula is C12H20BrN3. The fraction of sp³-hybridized carbons (Fsp3) is 0.750. The molecule has 0 radical (unpaired) electrons. The summed E-state index contributed by atoms with van der Waals surface area (Å²) in [6, 6.07) is 0. The molecule has 90 valence electrons. The maximum absolute atomic E-state index is 4.53. The summed E-state index contributed by atoms with van der Waals surface area (Å²) < 4.78 is 3.30. The van der Waals surface area contributed by atoms with Crippen molar-refractivity contribution in [3.8, 4) is 0 Å². The number of hydrogen-bond acceptors (Lipinski definition) is 2. The molecule has 2 rings (SSSR count). The van der Waals surface area contributed by atoms with Gasteiger partial charge in [0.1, 0.15) is 0 Å². The largest absolute Gasteiger partial charge is 0.297 e. The fourth-order valence-corrected chi connectivity index (χ4v) is 2.81. The lowest BCUT2D eigenvalue weighted by molar-refractivity contribution is 0.308. The Morgan fingerprint density at radius 1 is 1.50 bits per heavy atom. The molecule has 1 atom stereocenters. The Morgan fingerprint density at radius 2 is 2.25 bits per heavy atom. The van der Waals surface area contributed by atoms with Gasteiger partial charge in [0.15, 0.2) is 0 Å². The average Bonchev–Trinajstić information content (AvgIpc) is 2.77. The standard InChI is InChI=1S/C12H20BrN3/c1-4-16-11(12(13)10(3)14-16)8-15-6-5-9(2)7-15/h9H,4-8H2,1-3H3. The van der Waals surface area contributed by atoms with Gasteiger partial charge >= 0.3 is 0 Å². The Balaban J connectivity index is 2.14. The fourth-order valence-electron chi connectivity index (χ4n) is 2.40. The first-order valence-corrected chi connectivity index (χ1v) is 6.85. The first-order valence-electron chi connectivity index (χ1n) is 6.06. The van der Waals surface area contributed by atoms with Crippen molar-refractivity contribution in [3.63, 3.8) is 0 Å². The minimum absolute atomic E-state index is 0.845. The predicted octanol–water partition coefficient (Wildman–Crippen LogP) is 2.82. The van der Waals surface area contributed by atoms with E-state index in [1.807, 2.05) is 0 Å².